The molecule has 3 rings (SSSR count). The van der Waals surface area contributed by atoms with Gasteiger partial charge in [-0.05, 0) is 61.2 Å². The van der Waals surface area contributed by atoms with Crippen LogP contribution in [0.25, 0.3) is 11.4 Å². The summed E-state index contributed by atoms with van der Waals surface area (Å²) < 4.78 is 58.8. The first-order chi connectivity index (χ1) is 21.4. The normalized spacial score (nSPS) is 12.2. The summed E-state index contributed by atoms with van der Waals surface area (Å²) in [6.07, 6.45) is 13.1. The summed E-state index contributed by atoms with van der Waals surface area (Å²) in [6, 6.07) is 13.3. The van der Waals surface area contributed by atoms with E-state index in [0.29, 0.717) is 36.3 Å². The highest BCUT2D eigenvalue weighted by molar-refractivity contribution is 5.56. The van der Waals surface area contributed by atoms with E-state index in [0.717, 1.165) is 44.1 Å². The van der Waals surface area contributed by atoms with Gasteiger partial charge in [0, 0.05) is 5.56 Å². The molecule has 1 aromatic heterocycles. The predicted octanol–water partition coefficient (Wildman–Crippen LogP) is 10.7. The molecule has 1 atom stereocenters. The molecule has 1 unspecified atom stereocenters. The van der Waals surface area contributed by atoms with Crippen molar-refractivity contribution in [2.45, 2.75) is 109 Å². The van der Waals surface area contributed by atoms with Crippen molar-refractivity contribution in [1.82, 2.24) is 9.97 Å². The fraction of sp³-hybridized carbons (Fsp3) is 0.556. The van der Waals surface area contributed by atoms with E-state index in [1.54, 1.807) is 48.8 Å². The average molecular weight is 615 g/mol. The molecule has 8 heteroatoms. The summed E-state index contributed by atoms with van der Waals surface area (Å²) in [5, 5.41) is 0. The van der Waals surface area contributed by atoms with Crippen molar-refractivity contribution in [3.05, 3.63) is 66.5 Å². The summed E-state index contributed by atoms with van der Waals surface area (Å²) in [4.78, 5) is 8.81. The van der Waals surface area contributed by atoms with Gasteiger partial charge in [-0.15, -0.1) is 0 Å². The van der Waals surface area contributed by atoms with Crippen LogP contribution in [0.1, 0.15) is 109 Å². The number of unbranched alkanes of at least 4 members (excludes halogenated alkanes) is 10. The molecule has 0 aliphatic carbocycles. The quantitative estimate of drug-likeness (QED) is 0.105. The van der Waals surface area contributed by atoms with Crippen LogP contribution in [0, 0.1) is 0 Å². The largest absolute Gasteiger partial charge is 0.494 e. The lowest BCUT2D eigenvalue weighted by Gasteiger charge is -2.21. The molecule has 0 saturated heterocycles. The van der Waals surface area contributed by atoms with E-state index in [1.807, 2.05) is 0 Å². The Hall–Kier alpha value is -3.29. The molecule has 44 heavy (non-hydrogen) atoms. The summed E-state index contributed by atoms with van der Waals surface area (Å²) in [5.74, 6) is 0.645. The second-order valence-electron chi connectivity index (χ2n) is 11.3. The van der Waals surface area contributed by atoms with Crippen LogP contribution in [0.3, 0.4) is 0 Å². The maximum absolute atomic E-state index is 13.9. The second-order valence-corrected chi connectivity index (χ2v) is 11.3. The van der Waals surface area contributed by atoms with E-state index in [4.69, 9.17) is 14.2 Å². The van der Waals surface area contributed by atoms with Crippen LogP contribution < -0.4 is 14.2 Å². The molecule has 0 aliphatic rings. The molecule has 0 saturated carbocycles. The van der Waals surface area contributed by atoms with Gasteiger partial charge in [0.15, 0.2) is 11.6 Å². The minimum absolute atomic E-state index is 0.0689. The zero-order valence-corrected chi connectivity index (χ0v) is 26.4. The third-order valence-electron chi connectivity index (χ3n) is 7.63. The molecule has 5 nitrogen and oxygen atoms in total. The molecule has 2 aromatic carbocycles. The third-order valence-corrected chi connectivity index (χ3v) is 7.63. The van der Waals surface area contributed by atoms with Gasteiger partial charge < -0.3 is 14.2 Å². The van der Waals surface area contributed by atoms with Crippen LogP contribution >= 0.6 is 0 Å². The minimum Gasteiger partial charge on any atom is -0.494 e. The van der Waals surface area contributed by atoms with E-state index >= 15 is 0 Å². The lowest BCUT2D eigenvalue weighted by atomic mass is 9.95. The van der Waals surface area contributed by atoms with Crippen LogP contribution in [-0.2, 0) is 0 Å². The Kier molecular flexibility index (Phi) is 15.9. The van der Waals surface area contributed by atoms with Gasteiger partial charge in [-0.3, -0.25) is 0 Å². The molecule has 0 spiro atoms. The van der Waals surface area contributed by atoms with Gasteiger partial charge >= 0.3 is 6.18 Å². The zero-order chi connectivity index (χ0) is 31.5. The van der Waals surface area contributed by atoms with Crippen molar-refractivity contribution in [2.24, 2.45) is 0 Å². The van der Waals surface area contributed by atoms with Crippen molar-refractivity contribution in [2.75, 3.05) is 19.8 Å². The van der Waals surface area contributed by atoms with Gasteiger partial charge in [0.1, 0.15) is 11.5 Å². The highest BCUT2D eigenvalue weighted by Gasteiger charge is 2.40. The molecule has 3 aromatic rings. The minimum atomic E-state index is -4.38. The van der Waals surface area contributed by atoms with Crippen molar-refractivity contribution in [3.63, 3.8) is 0 Å². The Labute approximate surface area is 261 Å². The smallest absolute Gasteiger partial charge is 0.395 e. The van der Waals surface area contributed by atoms with E-state index in [2.05, 4.69) is 23.8 Å². The van der Waals surface area contributed by atoms with E-state index in [9.17, 15) is 13.2 Å². The average Bonchev–Trinajstić information content (AvgIpc) is 3.03. The first-order valence-corrected chi connectivity index (χ1v) is 16.4. The monoisotopic (exact) mass is 614 g/mol. The molecule has 0 fully saturated rings. The number of hydrogen-bond donors (Lipinski definition) is 0. The first-order valence-electron chi connectivity index (χ1n) is 16.4. The SMILES string of the molecule is CCCCCCCCCCOc1cnc(-c2ccc(OCCC(c3ccc(OCCCCCC)cc3)C(F)(F)F)cc2)nc1. The number of ether oxygens (including phenoxy) is 3. The highest BCUT2D eigenvalue weighted by atomic mass is 19.4. The molecule has 0 N–H and O–H groups in total. The van der Waals surface area contributed by atoms with Crippen LogP contribution in [0.4, 0.5) is 13.2 Å². The fourth-order valence-corrected chi connectivity index (χ4v) is 5.00. The molecule has 0 bridgehead atoms. The summed E-state index contributed by atoms with van der Waals surface area (Å²) >= 11 is 0. The standard InChI is InChI=1S/C36H49F3N2O3/c1-3-5-7-9-10-11-12-14-25-43-33-27-40-35(41-28-33)30-17-21-32(22-18-30)44-26-23-34(36(37,38)39)29-15-19-31(20-16-29)42-24-13-8-6-4-2/h15-22,27-28,34H,3-14,23-26H2,1-2H3. The van der Waals surface area contributed by atoms with Crippen LogP contribution in [0.5, 0.6) is 17.2 Å². The number of rotatable bonds is 22. The van der Waals surface area contributed by atoms with Crippen molar-refractivity contribution < 1.29 is 27.4 Å². The summed E-state index contributed by atoms with van der Waals surface area (Å²) in [7, 11) is 0. The Morgan fingerprint density at radius 1 is 0.568 bits per heavy atom. The number of nitrogens with zero attached hydrogens (tertiary/aromatic N) is 2. The zero-order valence-electron chi connectivity index (χ0n) is 26.4. The first kappa shape index (κ1) is 35.2. The van der Waals surface area contributed by atoms with Crippen molar-refractivity contribution in [3.8, 4) is 28.6 Å². The Bertz CT molecular complexity index is 1150. The van der Waals surface area contributed by atoms with Gasteiger partial charge in [-0.1, -0.05) is 90.2 Å². The topological polar surface area (TPSA) is 53.5 Å². The van der Waals surface area contributed by atoms with Gasteiger partial charge in [-0.25, -0.2) is 9.97 Å². The maximum Gasteiger partial charge on any atom is 0.395 e. The highest BCUT2D eigenvalue weighted by Crippen LogP contribution is 2.38. The predicted molar refractivity (Wildman–Crippen MR) is 171 cm³/mol. The lowest BCUT2D eigenvalue weighted by molar-refractivity contribution is -0.153. The van der Waals surface area contributed by atoms with Crippen molar-refractivity contribution in [1.29, 1.82) is 0 Å². The van der Waals surface area contributed by atoms with Crippen LogP contribution in [-0.4, -0.2) is 36.0 Å². The van der Waals surface area contributed by atoms with Gasteiger partial charge in [0.25, 0.3) is 0 Å². The maximum atomic E-state index is 13.9. The third kappa shape index (κ3) is 13.1. The number of aromatic nitrogens is 2. The van der Waals surface area contributed by atoms with Crippen LogP contribution in [0.15, 0.2) is 60.9 Å². The molecular formula is C36H49F3N2O3. The van der Waals surface area contributed by atoms with Gasteiger partial charge in [-0.2, -0.15) is 13.2 Å². The number of hydrogen-bond acceptors (Lipinski definition) is 5. The molecule has 242 valence electrons. The molecule has 1 heterocycles. The van der Waals surface area contributed by atoms with E-state index < -0.39 is 12.1 Å². The van der Waals surface area contributed by atoms with Gasteiger partial charge in [0.2, 0.25) is 0 Å². The van der Waals surface area contributed by atoms with Crippen molar-refractivity contribution >= 4 is 0 Å². The number of alkyl halides is 3. The second kappa shape index (κ2) is 19.9. The van der Waals surface area contributed by atoms with E-state index in [-0.39, 0.29) is 18.6 Å². The van der Waals surface area contributed by atoms with E-state index in [1.165, 1.54) is 50.7 Å². The molecule has 0 radical (unpaired) electrons. The summed E-state index contributed by atoms with van der Waals surface area (Å²) in [5.41, 5.74) is 0.991. The Morgan fingerprint density at radius 3 is 1.57 bits per heavy atom. The van der Waals surface area contributed by atoms with Gasteiger partial charge in [0.05, 0.1) is 38.1 Å². The fourth-order valence-electron chi connectivity index (χ4n) is 5.00. The number of halogens is 3. The number of benzene rings is 2. The van der Waals surface area contributed by atoms with Crippen LogP contribution in [0.2, 0.25) is 0 Å². The Morgan fingerprint density at radius 2 is 1.02 bits per heavy atom. The molecular weight excluding hydrogens is 565 g/mol. The molecule has 0 aliphatic heterocycles. The molecule has 0 amide bonds. The summed E-state index contributed by atoms with van der Waals surface area (Å²) in [6.45, 7) is 5.52. The Balaban J connectivity index is 1.41. The lowest BCUT2D eigenvalue weighted by Crippen LogP contribution is -2.23.